The number of halogens is 4. The van der Waals surface area contributed by atoms with Crippen LogP contribution in [0.2, 0.25) is 5.15 Å². The summed E-state index contributed by atoms with van der Waals surface area (Å²) in [7, 11) is 0. The van der Waals surface area contributed by atoms with Gasteiger partial charge in [0.1, 0.15) is 5.15 Å². The number of hydrogen-bond acceptors (Lipinski definition) is 4. The SMILES string of the molecule is N#Cc1ccc(NC2CCC(n3ncc(C(N)=O)c3Cl)CC2)cc1C(F)(F)F. The topological polar surface area (TPSA) is 96.7 Å². The Labute approximate surface area is 164 Å². The van der Waals surface area contributed by atoms with Crippen molar-refractivity contribution in [3.8, 4) is 6.07 Å². The van der Waals surface area contributed by atoms with Crippen LogP contribution in [0.5, 0.6) is 0 Å². The third-order valence-electron chi connectivity index (χ3n) is 4.86. The van der Waals surface area contributed by atoms with Crippen LogP contribution in [0.15, 0.2) is 24.4 Å². The predicted molar refractivity (Wildman–Crippen MR) is 96.8 cm³/mol. The summed E-state index contributed by atoms with van der Waals surface area (Å²) >= 11 is 6.16. The number of aromatic nitrogens is 2. The van der Waals surface area contributed by atoms with Gasteiger partial charge >= 0.3 is 6.18 Å². The van der Waals surface area contributed by atoms with Gasteiger partial charge in [0.25, 0.3) is 5.91 Å². The van der Waals surface area contributed by atoms with Crippen molar-refractivity contribution in [1.29, 1.82) is 5.26 Å². The molecule has 1 aliphatic rings. The van der Waals surface area contributed by atoms with Crippen LogP contribution in [0.3, 0.4) is 0 Å². The van der Waals surface area contributed by atoms with Crippen LogP contribution in [0.1, 0.15) is 53.2 Å². The zero-order chi connectivity index (χ0) is 20.5. The first-order valence-corrected chi connectivity index (χ1v) is 8.99. The molecule has 1 fully saturated rings. The van der Waals surface area contributed by atoms with Crippen molar-refractivity contribution < 1.29 is 18.0 Å². The minimum atomic E-state index is -4.59. The van der Waals surface area contributed by atoms with Crippen LogP contribution in [-0.2, 0) is 6.18 Å². The monoisotopic (exact) mass is 411 g/mol. The number of nitrogens with one attached hydrogen (secondary N) is 1. The molecule has 1 amide bonds. The van der Waals surface area contributed by atoms with E-state index in [1.54, 1.807) is 10.8 Å². The molecule has 0 atom stereocenters. The van der Waals surface area contributed by atoms with Gasteiger partial charge in [-0.15, -0.1) is 0 Å². The van der Waals surface area contributed by atoms with E-state index in [4.69, 9.17) is 22.6 Å². The molecule has 0 saturated heterocycles. The number of amides is 1. The van der Waals surface area contributed by atoms with Crippen molar-refractivity contribution in [2.24, 2.45) is 5.73 Å². The summed E-state index contributed by atoms with van der Waals surface area (Å²) in [6.45, 7) is 0. The molecule has 1 aliphatic carbocycles. The summed E-state index contributed by atoms with van der Waals surface area (Å²) in [6, 6.07) is 5.16. The van der Waals surface area contributed by atoms with Crippen LogP contribution in [0, 0.1) is 11.3 Å². The molecule has 6 nitrogen and oxygen atoms in total. The normalized spacial score (nSPS) is 19.8. The highest BCUT2D eigenvalue weighted by Crippen LogP contribution is 2.36. The highest BCUT2D eigenvalue weighted by atomic mass is 35.5. The predicted octanol–water partition coefficient (Wildman–Crippen LogP) is 4.12. The fourth-order valence-electron chi connectivity index (χ4n) is 3.43. The Balaban J connectivity index is 1.67. The minimum absolute atomic E-state index is 0.00893. The zero-order valence-electron chi connectivity index (χ0n) is 14.6. The number of hydrogen-bond donors (Lipinski definition) is 2. The van der Waals surface area contributed by atoms with Gasteiger partial charge in [-0.2, -0.15) is 23.5 Å². The van der Waals surface area contributed by atoms with Crippen LogP contribution < -0.4 is 11.1 Å². The van der Waals surface area contributed by atoms with Crippen molar-refractivity contribution in [2.75, 3.05) is 5.32 Å². The lowest BCUT2D eigenvalue weighted by Gasteiger charge is -2.30. The number of nitrogens with zero attached hydrogens (tertiary/aromatic N) is 3. The standard InChI is InChI=1S/C18H17ClF3N5O/c19-16-14(17(24)28)9-25-27(16)13-5-3-11(4-6-13)26-12-2-1-10(8-23)15(7-12)18(20,21)22/h1-2,7,9,11,13,26H,3-6H2,(H2,24,28). The summed E-state index contributed by atoms with van der Waals surface area (Å²) < 4.78 is 40.9. The lowest BCUT2D eigenvalue weighted by molar-refractivity contribution is -0.137. The van der Waals surface area contributed by atoms with Gasteiger partial charge in [-0.25, -0.2) is 0 Å². The molecule has 1 aromatic heterocycles. The number of nitrogens with two attached hydrogens (primary N) is 1. The molecule has 1 saturated carbocycles. The molecule has 3 rings (SSSR count). The van der Waals surface area contributed by atoms with E-state index >= 15 is 0 Å². The summed E-state index contributed by atoms with van der Waals surface area (Å²) in [5.41, 5.74) is 4.38. The Kier molecular flexibility index (Phi) is 5.52. The van der Waals surface area contributed by atoms with Gasteiger partial charge in [0, 0.05) is 11.7 Å². The van der Waals surface area contributed by atoms with E-state index in [-0.39, 0.29) is 22.8 Å². The maximum absolute atomic E-state index is 13.1. The van der Waals surface area contributed by atoms with E-state index in [1.165, 1.54) is 18.3 Å². The molecule has 148 valence electrons. The Morgan fingerprint density at radius 1 is 1.32 bits per heavy atom. The Bertz CT molecular complexity index is 926. The van der Waals surface area contributed by atoms with E-state index in [1.807, 2.05) is 0 Å². The first kappa shape index (κ1) is 20.0. The summed E-state index contributed by atoms with van der Waals surface area (Å²) in [4.78, 5) is 11.3. The van der Waals surface area contributed by atoms with E-state index in [2.05, 4.69) is 10.4 Å². The highest BCUT2D eigenvalue weighted by molar-refractivity contribution is 6.32. The van der Waals surface area contributed by atoms with E-state index in [0.717, 1.165) is 6.07 Å². The maximum Gasteiger partial charge on any atom is 0.417 e. The van der Waals surface area contributed by atoms with Gasteiger partial charge < -0.3 is 11.1 Å². The smallest absolute Gasteiger partial charge is 0.382 e. The van der Waals surface area contributed by atoms with E-state index in [9.17, 15) is 18.0 Å². The van der Waals surface area contributed by atoms with E-state index < -0.39 is 23.2 Å². The maximum atomic E-state index is 13.1. The van der Waals surface area contributed by atoms with Crippen LogP contribution >= 0.6 is 11.6 Å². The molecule has 10 heteroatoms. The number of anilines is 1. The lowest BCUT2D eigenvalue weighted by Crippen LogP contribution is -2.28. The number of primary amides is 1. The third-order valence-corrected chi connectivity index (χ3v) is 5.24. The Hall–Kier alpha value is -2.73. The molecule has 0 unspecified atom stereocenters. The molecule has 0 radical (unpaired) electrons. The fourth-order valence-corrected chi connectivity index (χ4v) is 3.76. The van der Waals surface area contributed by atoms with Gasteiger partial charge in [0.05, 0.1) is 35.0 Å². The second-order valence-electron chi connectivity index (χ2n) is 6.68. The number of carbonyl (C=O) groups is 1. The number of rotatable bonds is 4. The molecular weight excluding hydrogens is 395 g/mol. The van der Waals surface area contributed by atoms with Crippen LogP contribution in [-0.4, -0.2) is 21.7 Å². The Morgan fingerprint density at radius 3 is 2.54 bits per heavy atom. The largest absolute Gasteiger partial charge is 0.417 e. The molecule has 1 aromatic carbocycles. The molecule has 0 aliphatic heterocycles. The van der Waals surface area contributed by atoms with Crippen molar-refractivity contribution in [1.82, 2.24) is 9.78 Å². The number of nitriles is 1. The average molecular weight is 412 g/mol. The fraction of sp³-hybridized carbons (Fsp3) is 0.389. The highest BCUT2D eigenvalue weighted by Gasteiger charge is 2.34. The van der Waals surface area contributed by atoms with Crippen molar-refractivity contribution in [3.05, 3.63) is 46.2 Å². The van der Waals surface area contributed by atoms with Gasteiger partial charge in [0.15, 0.2) is 0 Å². The zero-order valence-corrected chi connectivity index (χ0v) is 15.4. The van der Waals surface area contributed by atoms with Gasteiger partial charge in [-0.05, 0) is 43.9 Å². The van der Waals surface area contributed by atoms with Crippen molar-refractivity contribution in [3.63, 3.8) is 0 Å². The average Bonchev–Trinajstić information content (AvgIpc) is 3.03. The number of benzene rings is 1. The molecule has 2 aromatic rings. The lowest BCUT2D eigenvalue weighted by atomic mass is 9.91. The molecule has 0 spiro atoms. The second kappa shape index (κ2) is 7.72. The van der Waals surface area contributed by atoms with Gasteiger partial charge in [-0.3, -0.25) is 9.48 Å². The summed E-state index contributed by atoms with van der Waals surface area (Å²) in [6.07, 6.45) is -0.485. The van der Waals surface area contributed by atoms with Gasteiger partial charge in [-0.1, -0.05) is 11.6 Å². The summed E-state index contributed by atoms with van der Waals surface area (Å²) in [5.74, 6) is -0.645. The van der Waals surface area contributed by atoms with Gasteiger partial charge in [0.2, 0.25) is 0 Å². The first-order chi connectivity index (χ1) is 13.2. The molecule has 28 heavy (non-hydrogen) atoms. The molecule has 0 bridgehead atoms. The molecule has 3 N–H and O–H groups in total. The quantitative estimate of drug-likeness (QED) is 0.790. The number of carbonyl (C=O) groups excluding carboxylic acids is 1. The van der Waals surface area contributed by atoms with Crippen molar-refractivity contribution >= 4 is 23.2 Å². The van der Waals surface area contributed by atoms with Crippen molar-refractivity contribution in [2.45, 2.75) is 43.9 Å². The van der Waals surface area contributed by atoms with Crippen LogP contribution in [0.25, 0.3) is 0 Å². The molecular formula is C18H17ClF3N5O. The first-order valence-electron chi connectivity index (χ1n) is 8.61. The third kappa shape index (κ3) is 4.07. The second-order valence-corrected chi connectivity index (χ2v) is 7.04. The number of alkyl halides is 3. The Morgan fingerprint density at radius 2 is 2.00 bits per heavy atom. The van der Waals surface area contributed by atoms with E-state index in [0.29, 0.717) is 31.4 Å². The minimum Gasteiger partial charge on any atom is -0.382 e. The van der Waals surface area contributed by atoms with Crippen LogP contribution in [0.4, 0.5) is 18.9 Å². The molecule has 1 heterocycles. The summed E-state index contributed by atoms with van der Waals surface area (Å²) in [5, 5.41) is 16.3.